The van der Waals surface area contributed by atoms with E-state index in [0.29, 0.717) is 19.5 Å². The fraction of sp³-hybridized carbons (Fsp3) is 0.562. The van der Waals surface area contributed by atoms with Crippen molar-refractivity contribution in [3.05, 3.63) is 27.9 Å². The van der Waals surface area contributed by atoms with Crippen LogP contribution in [0.4, 0.5) is 16.3 Å². The van der Waals surface area contributed by atoms with Crippen molar-refractivity contribution in [3.63, 3.8) is 0 Å². The van der Waals surface area contributed by atoms with Crippen molar-refractivity contribution in [2.45, 2.75) is 38.8 Å². The largest absolute Gasteiger partial charge is 0.464 e. The molecule has 1 N–H and O–H groups in total. The maximum atomic E-state index is 12.1. The molecule has 1 aromatic heterocycles. The van der Waals surface area contributed by atoms with Crippen LogP contribution in [0.15, 0.2) is 12.1 Å². The van der Waals surface area contributed by atoms with E-state index in [1.54, 1.807) is 20.8 Å². The number of anilines is 1. The van der Waals surface area contributed by atoms with E-state index in [4.69, 9.17) is 4.74 Å². The second-order valence-corrected chi connectivity index (χ2v) is 6.87. The SMILES string of the molecule is COC(=O)c1ccc([N+](=O)[O-])c(N[C@H]2CCN(C(=O)OC(C)(C)C)C2)n1. The van der Waals surface area contributed by atoms with Crippen LogP contribution in [0.3, 0.4) is 0 Å². The number of nitrogens with zero attached hydrogens (tertiary/aromatic N) is 3. The normalized spacial score (nSPS) is 16.9. The molecule has 0 aliphatic carbocycles. The molecule has 0 saturated carbocycles. The Kier molecular flexibility index (Phi) is 5.63. The number of carbonyl (C=O) groups excluding carboxylic acids is 2. The summed E-state index contributed by atoms with van der Waals surface area (Å²) < 4.78 is 9.91. The molecule has 1 aliphatic rings. The molecule has 1 saturated heterocycles. The molecule has 1 atom stereocenters. The van der Waals surface area contributed by atoms with Gasteiger partial charge in [0, 0.05) is 25.2 Å². The molecule has 1 aromatic rings. The molecule has 0 spiro atoms. The Balaban J connectivity index is 2.12. The standard InChI is InChI=1S/C16H22N4O6/c1-16(2,3)26-15(22)19-8-7-10(9-19)17-13-12(20(23)24)6-5-11(18-13)14(21)25-4/h5-6,10H,7-9H2,1-4H3,(H,17,18)/t10-/m0/s1. The van der Waals surface area contributed by atoms with Gasteiger partial charge in [-0.15, -0.1) is 0 Å². The van der Waals surface area contributed by atoms with Gasteiger partial charge in [-0.25, -0.2) is 14.6 Å². The van der Waals surface area contributed by atoms with Gasteiger partial charge < -0.3 is 19.7 Å². The predicted octanol–water partition coefficient (Wildman–Crippen LogP) is 2.20. The van der Waals surface area contributed by atoms with E-state index in [2.05, 4.69) is 15.0 Å². The molecule has 2 rings (SSSR count). The number of methoxy groups -OCH3 is 1. The summed E-state index contributed by atoms with van der Waals surface area (Å²) in [5, 5.41) is 14.1. The lowest BCUT2D eigenvalue weighted by Crippen LogP contribution is -2.36. The summed E-state index contributed by atoms with van der Waals surface area (Å²) in [6.07, 6.45) is 0.133. The van der Waals surface area contributed by atoms with Crippen LogP contribution in [0.2, 0.25) is 0 Å². The first-order valence-corrected chi connectivity index (χ1v) is 8.09. The molecule has 2 heterocycles. The fourth-order valence-electron chi connectivity index (χ4n) is 2.49. The van der Waals surface area contributed by atoms with Crippen molar-refractivity contribution in [2.75, 3.05) is 25.5 Å². The molecule has 26 heavy (non-hydrogen) atoms. The average molecular weight is 366 g/mol. The molecule has 0 radical (unpaired) electrons. The third-order valence-corrected chi connectivity index (χ3v) is 3.65. The highest BCUT2D eigenvalue weighted by atomic mass is 16.6. The highest BCUT2D eigenvalue weighted by Crippen LogP contribution is 2.25. The van der Waals surface area contributed by atoms with Crippen molar-refractivity contribution >= 4 is 23.6 Å². The first-order chi connectivity index (χ1) is 12.1. The predicted molar refractivity (Wildman–Crippen MR) is 92.1 cm³/mol. The van der Waals surface area contributed by atoms with Gasteiger partial charge >= 0.3 is 17.7 Å². The fourth-order valence-corrected chi connectivity index (χ4v) is 2.49. The third kappa shape index (κ3) is 4.80. The monoisotopic (exact) mass is 366 g/mol. The van der Waals surface area contributed by atoms with Crippen molar-refractivity contribution in [1.29, 1.82) is 0 Å². The number of esters is 1. The van der Waals surface area contributed by atoms with Crippen LogP contribution in [0.5, 0.6) is 0 Å². The Labute approximate surface area is 150 Å². The van der Waals surface area contributed by atoms with E-state index in [-0.39, 0.29) is 23.2 Å². The molecule has 1 aliphatic heterocycles. The quantitative estimate of drug-likeness (QED) is 0.488. The van der Waals surface area contributed by atoms with Crippen molar-refractivity contribution in [1.82, 2.24) is 9.88 Å². The second-order valence-electron chi connectivity index (χ2n) is 6.87. The summed E-state index contributed by atoms with van der Waals surface area (Å²) in [7, 11) is 1.20. The van der Waals surface area contributed by atoms with Gasteiger partial charge in [0.25, 0.3) is 0 Å². The number of nitro groups is 1. The molecule has 0 aromatic carbocycles. The number of carbonyl (C=O) groups is 2. The van der Waals surface area contributed by atoms with Crippen LogP contribution >= 0.6 is 0 Å². The molecule has 1 fully saturated rings. The number of hydrogen-bond acceptors (Lipinski definition) is 8. The second kappa shape index (κ2) is 7.54. The lowest BCUT2D eigenvalue weighted by molar-refractivity contribution is -0.384. The lowest BCUT2D eigenvalue weighted by atomic mass is 10.2. The zero-order chi connectivity index (χ0) is 19.5. The summed E-state index contributed by atoms with van der Waals surface area (Å²) in [5.74, 6) is -0.723. The lowest BCUT2D eigenvalue weighted by Gasteiger charge is -2.24. The summed E-state index contributed by atoms with van der Waals surface area (Å²) in [6, 6.07) is 2.18. The smallest absolute Gasteiger partial charge is 0.410 e. The summed E-state index contributed by atoms with van der Waals surface area (Å²) in [6.45, 7) is 6.11. The number of ether oxygens (including phenoxy) is 2. The van der Waals surface area contributed by atoms with Crippen LogP contribution in [0.25, 0.3) is 0 Å². The Morgan fingerprint density at radius 3 is 2.65 bits per heavy atom. The Hall–Kier alpha value is -2.91. The van der Waals surface area contributed by atoms with Gasteiger partial charge in [-0.2, -0.15) is 0 Å². The van der Waals surface area contributed by atoms with Crippen LogP contribution in [-0.4, -0.2) is 58.7 Å². The highest BCUT2D eigenvalue weighted by Gasteiger charge is 2.31. The molecular formula is C16H22N4O6. The Bertz CT molecular complexity index is 715. The van der Waals surface area contributed by atoms with Gasteiger partial charge in [0.1, 0.15) is 5.60 Å². The van der Waals surface area contributed by atoms with Crippen molar-refractivity contribution < 1.29 is 24.0 Å². The topological polar surface area (TPSA) is 124 Å². The van der Waals surface area contributed by atoms with Gasteiger partial charge in [-0.3, -0.25) is 10.1 Å². The number of amides is 1. The minimum absolute atomic E-state index is 0.0334. The number of pyridine rings is 1. The molecule has 1 amide bonds. The first kappa shape index (κ1) is 19.4. The molecule has 142 valence electrons. The van der Waals surface area contributed by atoms with Crippen molar-refractivity contribution in [3.8, 4) is 0 Å². The first-order valence-electron chi connectivity index (χ1n) is 8.09. The van der Waals surface area contributed by atoms with E-state index < -0.39 is 22.6 Å². The molecule has 10 nitrogen and oxygen atoms in total. The zero-order valence-corrected chi connectivity index (χ0v) is 15.1. The molecular weight excluding hydrogens is 344 g/mol. The maximum Gasteiger partial charge on any atom is 0.410 e. The number of nitrogens with one attached hydrogen (secondary N) is 1. The average Bonchev–Trinajstić information content (AvgIpc) is 3.01. The van der Waals surface area contributed by atoms with Gasteiger partial charge in [0.15, 0.2) is 5.69 Å². The van der Waals surface area contributed by atoms with E-state index in [0.717, 1.165) is 0 Å². The van der Waals surface area contributed by atoms with Gasteiger partial charge in [-0.05, 0) is 33.3 Å². The van der Waals surface area contributed by atoms with Crippen LogP contribution in [-0.2, 0) is 9.47 Å². The third-order valence-electron chi connectivity index (χ3n) is 3.65. The van der Waals surface area contributed by atoms with E-state index >= 15 is 0 Å². The van der Waals surface area contributed by atoms with Crippen LogP contribution in [0, 0.1) is 10.1 Å². The number of rotatable bonds is 4. The van der Waals surface area contributed by atoms with Crippen LogP contribution < -0.4 is 5.32 Å². The highest BCUT2D eigenvalue weighted by molar-refractivity contribution is 5.88. The minimum atomic E-state index is -0.690. The minimum Gasteiger partial charge on any atom is -0.464 e. The molecule has 0 bridgehead atoms. The number of hydrogen-bond donors (Lipinski definition) is 1. The Morgan fingerprint density at radius 2 is 2.08 bits per heavy atom. The van der Waals surface area contributed by atoms with E-state index in [1.165, 1.54) is 24.1 Å². The van der Waals surface area contributed by atoms with Crippen molar-refractivity contribution in [2.24, 2.45) is 0 Å². The summed E-state index contributed by atoms with van der Waals surface area (Å²) in [4.78, 5) is 39.8. The van der Waals surface area contributed by atoms with Crippen LogP contribution in [0.1, 0.15) is 37.7 Å². The van der Waals surface area contributed by atoms with Gasteiger partial charge in [-0.1, -0.05) is 0 Å². The van der Waals surface area contributed by atoms with E-state index in [1.807, 2.05) is 0 Å². The number of aromatic nitrogens is 1. The van der Waals surface area contributed by atoms with E-state index in [9.17, 15) is 19.7 Å². The zero-order valence-electron chi connectivity index (χ0n) is 15.1. The van der Waals surface area contributed by atoms with Gasteiger partial charge in [0.2, 0.25) is 5.82 Å². The number of likely N-dealkylation sites (tertiary alicyclic amines) is 1. The van der Waals surface area contributed by atoms with Gasteiger partial charge in [0.05, 0.1) is 12.0 Å². The Morgan fingerprint density at radius 1 is 1.38 bits per heavy atom. The molecule has 10 heteroatoms. The summed E-state index contributed by atoms with van der Waals surface area (Å²) >= 11 is 0. The summed E-state index contributed by atoms with van der Waals surface area (Å²) in [5.41, 5.74) is -0.895. The molecule has 0 unspecified atom stereocenters. The maximum absolute atomic E-state index is 12.1.